The Hall–Kier alpha value is -3.08. The molecule has 0 atom stereocenters. The summed E-state index contributed by atoms with van der Waals surface area (Å²) in [6.45, 7) is 0. The van der Waals surface area contributed by atoms with Gasteiger partial charge in [-0.25, -0.2) is 0 Å². The van der Waals surface area contributed by atoms with Crippen molar-refractivity contribution >= 4 is 44.8 Å². The van der Waals surface area contributed by atoms with Crippen LogP contribution in [0.15, 0.2) is 78.9 Å². The van der Waals surface area contributed by atoms with Crippen LogP contribution in [-0.4, -0.2) is 0 Å². The van der Waals surface area contributed by atoms with Gasteiger partial charge < -0.3 is 0 Å². The highest BCUT2D eigenvalue weighted by molar-refractivity contribution is 6.30. The van der Waals surface area contributed by atoms with Gasteiger partial charge in [0.1, 0.15) is 0 Å². The predicted octanol–water partition coefficient (Wildman–Crippen LogP) is 6.71. The maximum Gasteiger partial charge on any atom is 0.0998 e. The molecule has 25 heavy (non-hydrogen) atoms. The van der Waals surface area contributed by atoms with E-state index in [1.807, 2.05) is 54.6 Å². The van der Waals surface area contributed by atoms with Gasteiger partial charge in [0.2, 0.25) is 0 Å². The topological polar surface area (TPSA) is 23.8 Å². The highest BCUT2D eigenvalue weighted by Crippen LogP contribution is 2.32. The van der Waals surface area contributed by atoms with Crippen LogP contribution < -0.4 is 0 Å². The average Bonchev–Trinajstić information content (AvgIpc) is 2.65. The van der Waals surface area contributed by atoms with E-state index in [-0.39, 0.29) is 0 Å². The average molecular weight is 340 g/mol. The van der Waals surface area contributed by atoms with Crippen molar-refractivity contribution in [3.05, 3.63) is 95.0 Å². The van der Waals surface area contributed by atoms with Gasteiger partial charge in [-0.1, -0.05) is 72.3 Å². The molecular formula is C23H14ClN. The second-order valence-corrected chi connectivity index (χ2v) is 6.35. The lowest BCUT2D eigenvalue weighted by Gasteiger charge is -2.09. The fourth-order valence-corrected chi connectivity index (χ4v) is 3.38. The molecule has 0 saturated carbocycles. The van der Waals surface area contributed by atoms with E-state index in [2.05, 4.69) is 36.4 Å². The summed E-state index contributed by atoms with van der Waals surface area (Å²) in [6, 6.07) is 28.4. The third-order valence-corrected chi connectivity index (χ3v) is 4.59. The van der Waals surface area contributed by atoms with E-state index in [1.165, 1.54) is 0 Å². The summed E-state index contributed by atoms with van der Waals surface area (Å²) in [5, 5.41) is 14.9. The molecule has 0 bridgehead atoms. The van der Waals surface area contributed by atoms with Crippen molar-refractivity contribution in [3.63, 3.8) is 0 Å². The molecule has 0 aliphatic carbocycles. The van der Waals surface area contributed by atoms with Gasteiger partial charge >= 0.3 is 0 Å². The van der Waals surface area contributed by atoms with Gasteiger partial charge in [-0.15, -0.1) is 0 Å². The van der Waals surface area contributed by atoms with Crippen molar-refractivity contribution in [3.8, 4) is 6.07 Å². The summed E-state index contributed by atoms with van der Waals surface area (Å²) < 4.78 is 0. The number of fused-ring (bicyclic) bond motifs is 2. The first kappa shape index (κ1) is 15.4. The third kappa shape index (κ3) is 2.89. The van der Waals surface area contributed by atoms with Crippen LogP contribution in [0.5, 0.6) is 0 Å². The highest BCUT2D eigenvalue weighted by atomic mass is 35.5. The number of nitriles is 1. The Morgan fingerprint density at radius 1 is 0.800 bits per heavy atom. The van der Waals surface area contributed by atoms with Crippen molar-refractivity contribution in [2.45, 2.75) is 0 Å². The molecule has 0 aromatic heterocycles. The number of hydrogen-bond acceptors (Lipinski definition) is 1. The van der Waals surface area contributed by atoms with Crippen LogP contribution in [0, 0.1) is 11.3 Å². The SMILES string of the molecule is N#C/C(=C\c1c2ccccc2cc2ccccc12)c1cccc(Cl)c1. The molecule has 0 aliphatic rings. The molecule has 4 aromatic rings. The minimum absolute atomic E-state index is 0.601. The first-order valence-corrected chi connectivity index (χ1v) is 8.42. The number of halogens is 1. The number of rotatable bonds is 2. The lowest BCUT2D eigenvalue weighted by atomic mass is 9.94. The van der Waals surface area contributed by atoms with Gasteiger partial charge in [0.25, 0.3) is 0 Å². The molecule has 2 heteroatoms. The third-order valence-electron chi connectivity index (χ3n) is 4.36. The fraction of sp³-hybridized carbons (Fsp3) is 0. The standard InChI is InChI=1S/C23H14ClN/c24-20-9-5-8-16(13-20)19(15-25)14-23-21-10-3-1-6-17(21)12-18-7-2-4-11-22(18)23/h1-14H/b19-14+. The van der Waals surface area contributed by atoms with Gasteiger partial charge in [0.15, 0.2) is 0 Å². The Morgan fingerprint density at radius 3 is 2.04 bits per heavy atom. The number of hydrogen-bond donors (Lipinski definition) is 0. The van der Waals surface area contributed by atoms with Crippen LogP contribution in [0.25, 0.3) is 33.2 Å². The van der Waals surface area contributed by atoms with Crippen molar-refractivity contribution in [1.82, 2.24) is 0 Å². The Bertz CT molecular complexity index is 1110. The summed E-state index contributed by atoms with van der Waals surface area (Å²) in [6.07, 6.45) is 1.97. The Morgan fingerprint density at radius 2 is 1.44 bits per heavy atom. The quantitative estimate of drug-likeness (QED) is 0.226. The van der Waals surface area contributed by atoms with Crippen molar-refractivity contribution in [1.29, 1.82) is 5.26 Å². The van der Waals surface area contributed by atoms with E-state index in [1.54, 1.807) is 0 Å². The minimum atomic E-state index is 0.601. The molecule has 118 valence electrons. The van der Waals surface area contributed by atoms with E-state index < -0.39 is 0 Å². The normalized spacial score (nSPS) is 11.6. The maximum absolute atomic E-state index is 9.71. The smallest absolute Gasteiger partial charge is 0.0998 e. The van der Waals surface area contributed by atoms with E-state index in [0.717, 1.165) is 32.7 Å². The molecule has 0 saturated heterocycles. The zero-order valence-electron chi connectivity index (χ0n) is 13.4. The minimum Gasteiger partial charge on any atom is -0.192 e. The largest absolute Gasteiger partial charge is 0.192 e. The fourth-order valence-electron chi connectivity index (χ4n) is 3.18. The molecule has 0 spiro atoms. The summed E-state index contributed by atoms with van der Waals surface area (Å²) in [7, 11) is 0. The van der Waals surface area contributed by atoms with Crippen molar-refractivity contribution in [2.75, 3.05) is 0 Å². The van der Waals surface area contributed by atoms with Crippen LogP contribution in [0.3, 0.4) is 0 Å². The van der Waals surface area contributed by atoms with Gasteiger partial charge in [0, 0.05) is 5.02 Å². The molecule has 0 heterocycles. The van der Waals surface area contributed by atoms with Crippen molar-refractivity contribution in [2.24, 2.45) is 0 Å². The molecular weight excluding hydrogens is 326 g/mol. The molecule has 4 aromatic carbocycles. The molecule has 1 nitrogen and oxygen atoms in total. The second kappa shape index (κ2) is 6.43. The zero-order valence-corrected chi connectivity index (χ0v) is 14.2. The van der Waals surface area contributed by atoms with Gasteiger partial charge in [-0.05, 0) is 56.9 Å². The number of benzene rings is 4. The van der Waals surface area contributed by atoms with Crippen LogP contribution >= 0.6 is 11.6 Å². The summed E-state index contributed by atoms with van der Waals surface area (Å²) >= 11 is 6.10. The van der Waals surface area contributed by atoms with E-state index in [4.69, 9.17) is 11.6 Å². The lowest BCUT2D eigenvalue weighted by molar-refractivity contribution is 1.52. The van der Waals surface area contributed by atoms with Crippen LogP contribution in [-0.2, 0) is 0 Å². The first-order chi connectivity index (χ1) is 12.3. The predicted molar refractivity (Wildman–Crippen MR) is 106 cm³/mol. The molecule has 0 aliphatic heterocycles. The van der Waals surface area contributed by atoms with Crippen LogP contribution in [0.1, 0.15) is 11.1 Å². The Kier molecular flexibility index (Phi) is 3.98. The van der Waals surface area contributed by atoms with Crippen molar-refractivity contribution < 1.29 is 0 Å². The van der Waals surface area contributed by atoms with E-state index in [0.29, 0.717) is 10.6 Å². The van der Waals surface area contributed by atoms with Gasteiger partial charge in [0.05, 0.1) is 11.6 Å². The summed E-state index contributed by atoms with van der Waals surface area (Å²) in [5.41, 5.74) is 2.49. The summed E-state index contributed by atoms with van der Waals surface area (Å²) in [4.78, 5) is 0. The first-order valence-electron chi connectivity index (χ1n) is 8.04. The van der Waals surface area contributed by atoms with Gasteiger partial charge in [-0.2, -0.15) is 5.26 Å². The summed E-state index contributed by atoms with van der Waals surface area (Å²) in [5.74, 6) is 0. The Labute approximate surface area is 151 Å². The zero-order chi connectivity index (χ0) is 17.2. The molecule has 4 rings (SSSR count). The lowest BCUT2D eigenvalue weighted by Crippen LogP contribution is -1.86. The number of nitrogens with zero attached hydrogens (tertiary/aromatic N) is 1. The Balaban J connectivity index is 2.05. The molecule has 0 unspecified atom stereocenters. The van der Waals surface area contributed by atoms with E-state index in [9.17, 15) is 5.26 Å². The monoisotopic (exact) mass is 339 g/mol. The maximum atomic E-state index is 9.71. The van der Waals surface area contributed by atoms with E-state index >= 15 is 0 Å². The molecule has 0 N–H and O–H groups in total. The van der Waals surface area contributed by atoms with Gasteiger partial charge in [-0.3, -0.25) is 0 Å². The highest BCUT2D eigenvalue weighted by Gasteiger charge is 2.08. The molecule has 0 radical (unpaired) electrons. The molecule has 0 fully saturated rings. The van der Waals surface area contributed by atoms with Crippen LogP contribution in [0.2, 0.25) is 5.02 Å². The van der Waals surface area contributed by atoms with Crippen LogP contribution in [0.4, 0.5) is 0 Å². The second-order valence-electron chi connectivity index (χ2n) is 5.91. The number of allylic oxidation sites excluding steroid dienone is 1. The molecule has 0 amide bonds.